The van der Waals surface area contributed by atoms with Crippen molar-refractivity contribution in [3.8, 4) is 0 Å². The number of nitrogens with zero attached hydrogens (tertiary/aromatic N) is 2. The van der Waals surface area contributed by atoms with Gasteiger partial charge in [-0.05, 0) is 44.8 Å². The molecule has 1 aromatic carbocycles. The van der Waals surface area contributed by atoms with E-state index in [1.807, 2.05) is 19.0 Å². The number of β-amino-alcohol motifs (C(OH)–C–C–N with tert-alkyl or cyclic N) is 1. The Morgan fingerprint density at radius 2 is 1.86 bits per heavy atom. The van der Waals surface area contributed by atoms with Crippen molar-refractivity contribution in [2.24, 2.45) is 5.73 Å². The molecule has 114 valence electrons. The second kappa shape index (κ2) is 6.24. The Balaban J connectivity index is 2.15. The molecule has 0 spiro atoms. The van der Waals surface area contributed by atoms with Crippen LogP contribution in [0.3, 0.4) is 0 Å². The van der Waals surface area contributed by atoms with Crippen molar-refractivity contribution in [3.63, 3.8) is 0 Å². The van der Waals surface area contributed by atoms with Crippen LogP contribution in [-0.2, 0) is 0 Å². The number of benzene rings is 1. The van der Waals surface area contributed by atoms with Crippen molar-refractivity contribution in [3.05, 3.63) is 35.4 Å². The van der Waals surface area contributed by atoms with E-state index < -0.39 is 12.0 Å². The average Bonchev–Trinajstić information content (AvgIpc) is 2.78. The number of aliphatic hydroxyl groups excluding tert-OH is 1. The van der Waals surface area contributed by atoms with E-state index in [4.69, 9.17) is 5.73 Å². The predicted octanol–water partition coefficient (Wildman–Crippen LogP) is -0.0775. The summed E-state index contributed by atoms with van der Waals surface area (Å²) in [6.07, 6.45) is 0.104. The SMILES string of the molecule is CN(C)CC1CC(O)CN1C(=O)c1ccc(C(N)=O)cc1. The first-order valence-corrected chi connectivity index (χ1v) is 6.92. The minimum Gasteiger partial charge on any atom is -0.391 e. The zero-order valence-corrected chi connectivity index (χ0v) is 12.3. The minimum absolute atomic E-state index is 0.00156. The third-order valence-corrected chi connectivity index (χ3v) is 3.65. The molecule has 0 aromatic heterocycles. The fourth-order valence-electron chi connectivity index (χ4n) is 2.68. The smallest absolute Gasteiger partial charge is 0.254 e. The Morgan fingerprint density at radius 3 is 2.38 bits per heavy atom. The monoisotopic (exact) mass is 291 g/mol. The van der Waals surface area contributed by atoms with E-state index in [-0.39, 0.29) is 11.9 Å². The van der Waals surface area contributed by atoms with Crippen LogP contribution < -0.4 is 5.73 Å². The lowest BCUT2D eigenvalue weighted by molar-refractivity contribution is 0.0698. The van der Waals surface area contributed by atoms with Gasteiger partial charge in [0, 0.05) is 30.3 Å². The summed E-state index contributed by atoms with van der Waals surface area (Å²) in [6.45, 7) is 1.05. The molecule has 0 radical (unpaired) electrons. The summed E-state index contributed by atoms with van der Waals surface area (Å²) in [5, 5.41) is 9.82. The molecule has 21 heavy (non-hydrogen) atoms. The maximum Gasteiger partial charge on any atom is 0.254 e. The first kappa shape index (κ1) is 15.5. The van der Waals surface area contributed by atoms with Gasteiger partial charge in [0.1, 0.15) is 0 Å². The Hall–Kier alpha value is -1.92. The number of hydrogen-bond acceptors (Lipinski definition) is 4. The van der Waals surface area contributed by atoms with Crippen molar-refractivity contribution < 1.29 is 14.7 Å². The molecule has 1 aliphatic rings. The number of carbonyl (C=O) groups is 2. The quantitative estimate of drug-likeness (QED) is 0.812. The van der Waals surface area contributed by atoms with Gasteiger partial charge in [-0.1, -0.05) is 0 Å². The van der Waals surface area contributed by atoms with E-state index in [2.05, 4.69) is 0 Å². The highest BCUT2D eigenvalue weighted by Gasteiger charge is 2.34. The van der Waals surface area contributed by atoms with E-state index in [9.17, 15) is 14.7 Å². The minimum atomic E-state index is -0.518. The first-order chi connectivity index (χ1) is 9.88. The summed E-state index contributed by atoms with van der Waals surface area (Å²) in [5.74, 6) is -0.648. The van der Waals surface area contributed by atoms with Crippen molar-refractivity contribution in [2.75, 3.05) is 27.2 Å². The number of rotatable bonds is 4. The molecule has 1 aliphatic heterocycles. The van der Waals surface area contributed by atoms with Gasteiger partial charge >= 0.3 is 0 Å². The van der Waals surface area contributed by atoms with E-state index in [1.54, 1.807) is 29.2 Å². The summed E-state index contributed by atoms with van der Waals surface area (Å²) in [4.78, 5) is 27.3. The highest BCUT2D eigenvalue weighted by molar-refractivity contribution is 5.97. The van der Waals surface area contributed by atoms with Crippen molar-refractivity contribution in [1.29, 1.82) is 0 Å². The predicted molar refractivity (Wildman–Crippen MR) is 79.0 cm³/mol. The third kappa shape index (κ3) is 3.59. The van der Waals surface area contributed by atoms with Crippen molar-refractivity contribution in [1.82, 2.24) is 9.80 Å². The van der Waals surface area contributed by atoms with Crippen molar-refractivity contribution >= 4 is 11.8 Å². The van der Waals surface area contributed by atoms with E-state index in [0.29, 0.717) is 30.6 Å². The molecule has 1 heterocycles. The molecule has 3 N–H and O–H groups in total. The van der Waals surface area contributed by atoms with Gasteiger partial charge in [0.25, 0.3) is 5.91 Å². The summed E-state index contributed by atoms with van der Waals surface area (Å²) < 4.78 is 0. The number of amides is 2. The largest absolute Gasteiger partial charge is 0.391 e. The highest BCUT2D eigenvalue weighted by atomic mass is 16.3. The van der Waals surface area contributed by atoms with Gasteiger partial charge < -0.3 is 20.6 Å². The molecule has 1 saturated heterocycles. The molecule has 6 nitrogen and oxygen atoms in total. The molecule has 0 bridgehead atoms. The lowest BCUT2D eigenvalue weighted by Crippen LogP contribution is -2.41. The molecule has 1 fully saturated rings. The van der Waals surface area contributed by atoms with Crippen LogP contribution in [0, 0.1) is 0 Å². The molecule has 2 unspecified atom stereocenters. The lowest BCUT2D eigenvalue weighted by atomic mass is 10.1. The molecule has 0 saturated carbocycles. The summed E-state index contributed by atoms with van der Waals surface area (Å²) in [6, 6.07) is 6.28. The fraction of sp³-hybridized carbons (Fsp3) is 0.467. The van der Waals surface area contributed by atoms with E-state index in [1.165, 1.54) is 0 Å². The standard InChI is InChI=1S/C15H21N3O3/c1-17(2)8-12-7-13(19)9-18(12)15(21)11-5-3-10(4-6-11)14(16)20/h3-6,12-13,19H,7-9H2,1-2H3,(H2,16,20). The average molecular weight is 291 g/mol. The molecule has 0 aliphatic carbocycles. The normalized spacial score (nSPS) is 21.8. The first-order valence-electron chi connectivity index (χ1n) is 6.92. The molecule has 2 atom stereocenters. The second-order valence-electron chi connectivity index (χ2n) is 5.70. The summed E-state index contributed by atoms with van der Waals surface area (Å²) >= 11 is 0. The van der Waals surface area contributed by atoms with Gasteiger partial charge in [0.2, 0.25) is 5.91 Å². The van der Waals surface area contributed by atoms with Gasteiger partial charge in [0.05, 0.1) is 6.10 Å². The number of aliphatic hydroxyl groups is 1. The number of nitrogens with two attached hydrogens (primary N) is 1. The highest BCUT2D eigenvalue weighted by Crippen LogP contribution is 2.21. The van der Waals surface area contributed by atoms with E-state index >= 15 is 0 Å². The molecule has 1 aromatic rings. The molecular weight excluding hydrogens is 270 g/mol. The number of likely N-dealkylation sites (tertiary alicyclic amines) is 1. The lowest BCUT2D eigenvalue weighted by Gasteiger charge is -2.26. The molecule has 2 amide bonds. The van der Waals surface area contributed by atoms with Crippen LogP contribution in [0.2, 0.25) is 0 Å². The van der Waals surface area contributed by atoms with E-state index in [0.717, 1.165) is 0 Å². The number of hydrogen-bond donors (Lipinski definition) is 2. The van der Waals surface area contributed by atoms with Crippen LogP contribution in [0.1, 0.15) is 27.1 Å². The van der Waals surface area contributed by atoms with Crippen LogP contribution >= 0.6 is 0 Å². The van der Waals surface area contributed by atoms with Gasteiger partial charge in [-0.2, -0.15) is 0 Å². The van der Waals surface area contributed by atoms with Crippen molar-refractivity contribution in [2.45, 2.75) is 18.6 Å². The van der Waals surface area contributed by atoms with Crippen LogP contribution in [0.25, 0.3) is 0 Å². The van der Waals surface area contributed by atoms with Crippen LogP contribution in [-0.4, -0.2) is 66.1 Å². The van der Waals surface area contributed by atoms with Crippen LogP contribution in [0.15, 0.2) is 24.3 Å². The Bertz CT molecular complexity index is 527. The van der Waals surface area contributed by atoms with Gasteiger partial charge in [0.15, 0.2) is 0 Å². The topological polar surface area (TPSA) is 86.9 Å². The third-order valence-electron chi connectivity index (χ3n) is 3.65. The second-order valence-corrected chi connectivity index (χ2v) is 5.70. The Labute approximate surface area is 124 Å². The summed E-state index contributed by atoms with van der Waals surface area (Å²) in [7, 11) is 3.88. The number of likely N-dealkylation sites (N-methyl/N-ethyl adjacent to an activating group) is 1. The summed E-state index contributed by atoms with van der Waals surface area (Å²) in [5.41, 5.74) is 6.06. The molecule has 6 heteroatoms. The maximum atomic E-state index is 12.5. The van der Waals surface area contributed by atoms with Gasteiger partial charge in [-0.25, -0.2) is 0 Å². The van der Waals surface area contributed by atoms with Crippen LogP contribution in [0.5, 0.6) is 0 Å². The number of primary amides is 1. The maximum absolute atomic E-state index is 12.5. The zero-order valence-electron chi connectivity index (χ0n) is 12.3. The zero-order chi connectivity index (χ0) is 15.6. The Morgan fingerprint density at radius 1 is 1.29 bits per heavy atom. The molecular formula is C15H21N3O3. The fourth-order valence-corrected chi connectivity index (χ4v) is 2.68. The van der Waals surface area contributed by atoms with Crippen LogP contribution in [0.4, 0.5) is 0 Å². The van der Waals surface area contributed by atoms with Gasteiger partial charge in [-0.3, -0.25) is 9.59 Å². The Kier molecular flexibility index (Phi) is 4.59. The van der Waals surface area contributed by atoms with Gasteiger partial charge in [-0.15, -0.1) is 0 Å². The molecule has 2 rings (SSSR count). The number of carbonyl (C=O) groups excluding carboxylic acids is 2.